The number of nitrogens with zero attached hydrogens (tertiary/aromatic N) is 1. The predicted molar refractivity (Wildman–Crippen MR) is 62.5 cm³/mol. The van der Waals surface area contributed by atoms with Crippen LogP contribution >= 0.6 is 0 Å². The molecule has 0 saturated heterocycles. The largest absolute Gasteiger partial charge is 0.483 e. The number of aromatic nitrogens is 2. The summed E-state index contributed by atoms with van der Waals surface area (Å²) < 4.78 is 36.8. The number of H-pyrrole nitrogens is 1. The zero-order chi connectivity index (χ0) is 14.5. The summed E-state index contributed by atoms with van der Waals surface area (Å²) in [6.07, 6.45) is -3.50. The van der Waals surface area contributed by atoms with Crippen LogP contribution in [0.1, 0.15) is 11.3 Å². The van der Waals surface area contributed by atoms with Crippen molar-refractivity contribution in [1.29, 1.82) is 0 Å². The summed E-state index contributed by atoms with van der Waals surface area (Å²) in [6.45, 7) is 1.62. The number of pyridine rings is 1. The van der Waals surface area contributed by atoms with E-state index in [1.807, 2.05) is 13.0 Å². The average Bonchev–Trinajstić information content (AvgIpc) is 2.76. The van der Waals surface area contributed by atoms with Gasteiger partial charge in [0.15, 0.2) is 0 Å². The fraction of sp³-hybridized carbons (Fsp3) is 0.167. The summed E-state index contributed by atoms with van der Waals surface area (Å²) in [7, 11) is 0. The van der Waals surface area contributed by atoms with Crippen molar-refractivity contribution in [1.82, 2.24) is 9.97 Å². The Hall–Kier alpha value is -2.31. The van der Waals surface area contributed by atoms with E-state index in [9.17, 15) is 13.2 Å². The molecule has 4 nitrogen and oxygen atoms in total. The SMILES string of the molecule is Cc1ccc(-c2ccc(C(F)(F)F)cn2)[nH]1.O=CO. The van der Waals surface area contributed by atoms with Crippen molar-refractivity contribution in [3.63, 3.8) is 0 Å². The van der Waals surface area contributed by atoms with Crippen LogP contribution in [0.4, 0.5) is 13.2 Å². The molecule has 0 unspecified atom stereocenters. The number of aromatic amines is 1. The molecule has 0 aromatic carbocycles. The molecule has 0 bridgehead atoms. The number of carboxylic acid groups (broad SMARTS) is 1. The van der Waals surface area contributed by atoms with Crippen molar-refractivity contribution < 1.29 is 23.1 Å². The number of alkyl halides is 3. The van der Waals surface area contributed by atoms with Crippen LogP contribution in [0, 0.1) is 6.92 Å². The third-order valence-electron chi connectivity index (χ3n) is 2.20. The number of hydrogen-bond donors (Lipinski definition) is 2. The topological polar surface area (TPSA) is 66.0 Å². The van der Waals surface area contributed by atoms with Gasteiger partial charge in [0.2, 0.25) is 0 Å². The lowest BCUT2D eigenvalue weighted by molar-refractivity contribution is -0.137. The van der Waals surface area contributed by atoms with Crippen LogP contribution in [0.2, 0.25) is 0 Å². The highest BCUT2D eigenvalue weighted by Gasteiger charge is 2.30. The maximum Gasteiger partial charge on any atom is 0.417 e. The minimum absolute atomic E-state index is 0.250. The Bertz CT molecular complexity index is 533. The van der Waals surface area contributed by atoms with Crippen LogP contribution in [0.15, 0.2) is 30.5 Å². The van der Waals surface area contributed by atoms with Gasteiger partial charge < -0.3 is 10.1 Å². The molecule has 0 saturated carbocycles. The van der Waals surface area contributed by atoms with Crippen molar-refractivity contribution in [3.05, 3.63) is 41.7 Å². The van der Waals surface area contributed by atoms with Gasteiger partial charge in [-0.05, 0) is 31.2 Å². The van der Waals surface area contributed by atoms with Crippen molar-refractivity contribution in [2.75, 3.05) is 0 Å². The summed E-state index contributed by atoms with van der Waals surface area (Å²) >= 11 is 0. The normalized spacial score (nSPS) is 10.5. The van der Waals surface area contributed by atoms with Gasteiger partial charge in [0.05, 0.1) is 17.0 Å². The van der Waals surface area contributed by atoms with E-state index in [2.05, 4.69) is 9.97 Å². The fourth-order valence-corrected chi connectivity index (χ4v) is 1.37. The lowest BCUT2D eigenvalue weighted by atomic mass is 10.2. The zero-order valence-electron chi connectivity index (χ0n) is 9.90. The molecule has 0 amide bonds. The number of rotatable bonds is 1. The Morgan fingerprint density at radius 1 is 1.26 bits per heavy atom. The molecule has 2 rings (SSSR count). The van der Waals surface area contributed by atoms with Gasteiger partial charge in [-0.3, -0.25) is 9.78 Å². The second-order valence-electron chi connectivity index (χ2n) is 3.59. The van der Waals surface area contributed by atoms with Crippen molar-refractivity contribution in [2.24, 2.45) is 0 Å². The monoisotopic (exact) mass is 272 g/mol. The number of nitrogens with one attached hydrogen (secondary N) is 1. The van der Waals surface area contributed by atoms with Gasteiger partial charge >= 0.3 is 6.18 Å². The molecule has 2 N–H and O–H groups in total. The van der Waals surface area contributed by atoms with Crippen LogP contribution in [0.3, 0.4) is 0 Å². The first-order chi connectivity index (χ1) is 8.88. The maximum atomic E-state index is 12.3. The van der Waals surface area contributed by atoms with Crippen molar-refractivity contribution >= 4 is 6.47 Å². The van der Waals surface area contributed by atoms with Crippen LogP contribution in [0.5, 0.6) is 0 Å². The van der Waals surface area contributed by atoms with E-state index >= 15 is 0 Å². The molecular formula is C12H11F3N2O2. The maximum absolute atomic E-state index is 12.3. The molecule has 19 heavy (non-hydrogen) atoms. The molecule has 102 valence electrons. The second-order valence-corrected chi connectivity index (χ2v) is 3.59. The molecule has 0 aliphatic rings. The first-order valence-electron chi connectivity index (χ1n) is 5.15. The van der Waals surface area contributed by atoms with E-state index in [0.29, 0.717) is 11.4 Å². The van der Waals surface area contributed by atoms with Crippen molar-refractivity contribution in [3.8, 4) is 11.4 Å². The summed E-state index contributed by atoms with van der Waals surface area (Å²) in [6, 6.07) is 6.01. The van der Waals surface area contributed by atoms with E-state index in [4.69, 9.17) is 9.90 Å². The van der Waals surface area contributed by atoms with Gasteiger partial charge in [0.1, 0.15) is 0 Å². The van der Waals surface area contributed by atoms with E-state index in [-0.39, 0.29) is 6.47 Å². The average molecular weight is 272 g/mol. The van der Waals surface area contributed by atoms with E-state index in [1.54, 1.807) is 6.07 Å². The highest BCUT2D eigenvalue weighted by atomic mass is 19.4. The standard InChI is InChI=1S/C11H9F3N2.CH2O2/c1-7-2-4-10(16-7)9-5-3-8(6-15-9)11(12,13)14;2-1-3/h2-6,16H,1H3;1H,(H,2,3). The first kappa shape index (κ1) is 14.7. The molecule has 0 atom stereocenters. The van der Waals surface area contributed by atoms with Gasteiger partial charge in [-0.2, -0.15) is 13.2 Å². The van der Waals surface area contributed by atoms with E-state index in [1.165, 1.54) is 6.07 Å². The number of carbonyl (C=O) groups is 1. The third kappa shape index (κ3) is 4.13. The second kappa shape index (κ2) is 6.03. The van der Waals surface area contributed by atoms with Crippen LogP contribution < -0.4 is 0 Å². The summed E-state index contributed by atoms with van der Waals surface area (Å²) in [5.41, 5.74) is 1.42. The molecular weight excluding hydrogens is 261 g/mol. The highest BCUT2D eigenvalue weighted by molar-refractivity contribution is 5.55. The molecule has 2 aromatic rings. The summed E-state index contributed by atoms with van der Waals surface area (Å²) in [4.78, 5) is 15.1. The molecule has 0 fully saturated rings. The number of halogens is 3. The summed E-state index contributed by atoms with van der Waals surface area (Å²) in [5.74, 6) is 0. The molecule has 0 aliphatic carbocycles. The zero-order valence-corrected chi connectivity index (χ0v) is 9.90. The molecule has 0 aliphatic heterocycles. The quantitative estimate of drug-likeness (QED) is 0.784. The van der Waals surface area contributed by atoms with Gasteiger partial charge in [0.25, 0.3) is 6.47 Å². The van der Waals surface area contributed by atoms with Gasteiger partial charge in [-0.1, -0.05) is 0 Å². The Labute approximate surface area is 106 Å². The lowest BCUT2D eigenvalue weighted by Crippen LogP contribution is -2.05. The Kier molecular flexibility index (Phi) is 4.68. The van der Waals surface area contributed by atoms with Crippen LogP contribution in [-0.4, -0.2) is 21.5 Å². The number of hydrogen-bond acceptors (Lipinski definition) is 2. The van der Waals surface area contributed by atoms with Crippen LogP contribution in [-0.2, 0) is 11.0 Å². The Morgan fingerprint density at radius 2 is 1.89 bits per heavy atom. The minimum Gasteiger partial charge on any atom is -0.483 e. The minimum atomic E-state index is -4.34. The summed E-state index contributed by atoms with van der Waals surface area (Å²) in [5, 5.41) is 6.89. The predicted octanol–water partition coefficient (Wildman–Crippen LogP) is 3.10. The first-order valence-corrected chi connectivity index (χ1v) is 5.15. The lowest BCUT2D eigenvalue weighted by Gasteiger charge is -2.06. The molecule has 7 heteroatoms. The van der Waals surface area contributed by atoms with Gasteiger partial charge in [0, 0.05) is 11.9 Å². The highest BCUT2D eigenvalue weighted by Crippen LogP contribution is 2.29. The van der Waals surface area contributed by atoms with E-state index < -0.39 is 11.7 Å². The van der Waals surface area contributed by atoms with Crippen molar-refractivity contribution in [2.45, 2.75) is 13.1 Å². The molecule has 2 aromatic heterocycles. The fourth-order valence-electron chi connectivity index (χ4n) is 1.37. The van der Waals surface area contributed by atoms with Gasteiger partial charge in [-0.25, -0.2) is 0 Å². The van der Waals surface area contributed by atoms with Gasteiger partial charge in [-0.15, -0.1) is 0 Å². The molecule has 0 spiro atoms. The molecule has 0 radical (unpaired) electrons. The Balaban J connectivity index is 0.000000550. The third-order valence-corrected chi connectivity index (χ3v) is 2.20. The van der Waals surface area contributed by atoms with Crippen LogP contribution in [0.25, 0.3) is 11.4 Å². The number of aryl methyl sites for hydroxylation is 1. The molecule has 2 heterocycles. The smallest absolute Gasteiger partial charge is 0.417 e. The van der Waals surface area contributed by atoms with E-state index in [0.717, 1.165) is 18.0 Å². The Morgan fingerprint density at radius 3 is 2.26 bits per heavy atom.